The van der Waals surface area contributed by atoms with Crippen molar-refractivity contribution in [3.63, 3.8) is 0 Å². The van der Waals surface area contributed by atoms with Crippen LogP contribution in [0.1, 0.15) is 52.9 Å². The second-order valence-electron chi connectivity index (χ2n) is 5.73. The normalized spacial score (nSPS) is 30.9. The van der Waals surface area contributed by atoms with Gasteiger partial charge in [0, 0.05) is 6.61 Å². The van der Waals surface area contributed by atoms with Crippen LogP contribution in [0.25, 0.3) is 0 Å². The first-order chi connectivity index (χ1) is 7.67. The molecule has 1 saturated carbocycles. The summed E-state index contributed by atoms with van der Waals surface area (Å²) in [6, 6.07) is 0. The van der Waals surface area contributed by atoms with Crippen molar-refractivity contribution in [1.29, 1.82) is 0 Å². The maximum atomic E-state index is 6.04. The van der Waals surface area contributed by atoms with E-state index in [1.54, 1.807) is 0 Å². The maximum absolute atomic E-state index is 6.04. The molecule has 0 bridgehead atoms. The van der Waals surface area contributed by atoms with Gasteiger partial charge in [0.15, 0.2) is 0 Å². The molecule has 0 aliphatic heterocycles. The highest BCUT2D eigenvalue weighted by molar-refractivity contribution is 4.81. The minimum absolute atomic E-state index is 0.428. The van der Waals surface area contributed by atoms with E-state index < -0.39 is 0 Å². The van der Waals surface area contributed by atoms with E-state index >= 15 is 0 Å². The highest BCUT2D eigenvalue weighted by Gasteiger charge is 2.29. The van der Waals surface area contributed by atoms with E-state index in [4.69, 9.17) is 10.5 Å². The Morgan fingerprint density at radius 2 is 2.06 bits per heavy atom. The van der Waals surface area contributed by atoms with Crippen molar-refractivity contribution in [3.05, 3.63) is 0 Å². The van der Waals surface area contributed by atoms with Crippen LogP contribution in [0, 0.1) is 17.8 Å². The Kier molecular flexibility index (Phi) is 6.37. The molecule has 2 heteroatoms. The van der Waals surface area contributed by atoms with Crippen molar-refractivity contribution >= 4 is 0 Å². The van der Waals surface area contributed by atoms with Crippen LogP contribution in [-0.4, -0.2) is 19.3 Å². The van der Waals surface area contributed by atoms with Crippen LogP contribution in [-0.2, 0) is 4.74 Å². The van der Waals surface area contributed by atoms with Gasteiger partial charge in [-0.3, -0.25) is 0 Å². The standard InChI is InChI=1S/C14H29NO/c1-4-5-12-6-7-13(9-15)14(8-12)16-10-11(2)3/h11-14H,4-10,15H2,1-3H3. The Bertz CT molecular complexity index is 182. The smallest absolute Gasteiger partial charge is 0.0618 e. The van der Waals surface area contributed by atoms with Gasteiger partial charge in [-0.25, -0.2) is 0 Å². The Balaban J connectivity index is 2.40. The van der Waals surface area contributed by atoms with Crippen molar-refractivity contribution < 1.29 is 4.74 Å². The van der Waals surface area contributed by atoms with Crippen LogP contribution in [0.15, 0.2) is 0 Å². The summed E-state index contributed by atoms with van der Waals surface area (Å²) in [5.41, 5.74) is 5.84. The number of hydrogen-bond acceptors (Lipinski definition) is 2. The minimum atomic E-state index is 0.428. The maximum Gasteiger partial charge on any atom is 0.0618 e. The minimum Gasteiger partial charge on any atom is -0.378 e. The predicted molar refractivity (Wildman–Crippen MR) is 69.4 cm³/mol. The molecule has 1 fully saturated rings. The molecule has 1 rings (SSSR count). The van der Waals surface area contributed by atoms with Gasteiger partial charge in [-0.1, -0.05) is 33.6 Å². The van der Waals surface area contributed by atoms with Crippen molar-refractivity contribution in [2.75, 3.05) is 13.2 Å². The van der Waals surface area contributed by atoms with Crippen molar-refractivity contribution in [3.8, 4) is 0 Å². The topological polar surface area (TPSA) is 35.2 Å². The van der Waals surface area contributed by atoms with Crippen LogP contribution in [0.5, 0.6) is 0 Å². The van der Waals surface area contributed by atoms with E-state index in [0.29, 0.717) is 17.9 Å². The first-order valence-electron chi connectivity index (χ1n) is 6.99. The first-order valence-corrected chi connectivity index (χ1v) is 6.99. The van der Waals surface area contributed by atoms with Crippen LogP contribution in [0.4, 0.5) is 0 Å². The molecule has 16 heavy (non-hydrogen) atoms. The lowest BCUT2D eigenvalue weighted by Gasteiger charge is -2.36. The van der Waals surface area contributed by atoms with E-state index in [0.717, 1.165) is 19.1 Å². The third-order valence-electron chi connectivity index (χ3n) is 3.68. The van der Waals surface area contributed by atoms with Crippen LogP contribution in [0.2, 0.25) is 0 Å². The van der Waals surface area contributed by atoms with Crippen LogP contribution >= 0.6 is 0 Å². The zero-order valence-corrected chi connectivity index (χ0v) is 11.2. The molecule has 0 radical (unpaired) electrons. The SMILES string of the molecule is CCCC1CCC(CN)C(OCC(C)C)C1. The molecule has 0 heterocycles. The van der Waals surface area contributed by atoms with Crippen molar-refractivity contribution in [2.24, 2.45) is 23.5 Å². The van der Waals surface area contributed by atoms with Crippen LogP contribution in [0.3, 0.4) is 0 Å². The fourth-order valence-corrected chi connectivity index (χ4v) is 2.73. The third kappa shape index (κ3) is 4.42. The summed E-state index contributed by atoms with van der Waals surface area (Å²) >= 11 is 0. The molecule has 3 atom stereocenters. The van der Waals surface area contributed by atoms with Gasteiger partial charge in [-0.2, -0.15) is 0 Å². The molecule has 0 aromatic heterocycles. The monoisotopic (exact) mass is 227 g/mol. The van der Waals surface area contributed by atoms with Gasteiger partial charge in [0.05, 0.1) is 6.10 Å². The third-order valence-corrected chi connectivity index (χ3v) is 3.68. The molecule has 2 nitrogen and oxygen atoms in total. The average Bonchev–Trinajstić information content (AvgIpc) is 2.27. The molecule has 0 spiro atoms. The van der Waals surface area contributed by atoms with Gasteiger partial charge >= 0.3 is 0 Å². The summed E-state index contributed by atoms with van der Waals surface area (Å²) in [5.74, 6) is 2.11. The molecule has 1 aliphatic carbocycles. The number of ether oxygens (including phenoxy) is 1. The molecule has 1 aliphatic rings. The molecule has 0 aromatic rings. The average molecular weight is 227 g/mol. The number of hydrogen-bond donors (Lipinski definition) is 1. The van der Waals surface area contributed by atoms with Gasteiger partial charge in [-0.15, -0.1) is 0 Å². The molecular weight excluding hydrogens is 198 g/mol. The summed E-state index contributed by atoms with van der Waals surface area (Å²) in [7, 11) is 0. The zero-order valence-electron chi connectivity index (χ0n) is 11.2. The lowest BCUT2D eigenvalue weighted by Crippen LogP contribution is -2.37. The van der Waals surface area contributed by atoms with E-state index in [1.807, 2.05) is 0 Å². The molecule has 0 amide bonds. The van der Waals surface area contributed by atoms with Crippen LogP contribution < -0.4 is 5.73 Å². The summed E-state index contributed by atoms with van der Waals surface area (Å²) in [6.45, 7) is 8.38. The van der Waals surface area contributed by atoms with Gasteiger partial charge < -0.3 is 10.5 Å². The van der Waals surface area contributed by atoms with Gasteiger partial charge in [0.2, 0.25) is 0 Å². The highest BCUT2D eigenvalue weighted by atomic mass is 16.5. The second-order valence-corrected chi connectivity index (χ2v) is 5.73. The zero-order chi connectivity index (χ0) is 12.0. The quantitative estimate of drug-likeness (QED) is 0.756. The fourth-order valence-electron chi connectivity index (χ4n) is 2.73. The fraction of sp³-hybridized carbons (Fsp3) is 1.00. The highest BCUT2D eigenvalue weighted by Crippen LogP contribution is 2.33. The number of nitrogens with two attached hydrogens (primary N) is 1. The van der Waals surface area contributed by atoms with E-state index in [2.05, 4.69) is 20.8 Å². The Morgan fingerprint density at radius 1 is 1.31 bits per heavy atom. The summed E-state index contributed by atoms with van der Waals surface area (Å²) in [4.78, 5) is 0. The summed E-state index contributed by atoms with van der Waals surface area (Å²) < 4.78 is 6.04. The van der Waals surface area contributed by atoms with E-state index in [9.17, 15) is 0 Å². The second kappa shape index (κ2) is 7.29. The largest absolute Gasteiger partial charge is 0.378 e. The molecule has 3 unspecified atom stereocenters. The van der Waals surface area contributed by atoms with Crippen molar-refractivity contribution in [2.45, 2.75) is 59.0 Å². The molecule has 2 N–H and O–H groups in total. The molecular formula is C14H29NO. The lowest BCUT2D eigenvalue weighted by atomic mass is 9.78. The lowest BCUT2D eigenvalue weighted by molar-refractivity contribution is -0.0348. The first kappa shape index (κ1) is 14.0. The molecule has 0 aromatic carbocycles. The Labute approximate surface area is 101 Å². The summed E-state index contributed by atoms with van der Waals surface area (Å²) in [5, 5.41) is 0. The van der Waals surface area contributed by atoms with Crippen molar-refractivity contribution in [1.82, 2.24) is 0 Å². The number of rotatable bonds is 6. The van der Waals surface area contributed by atoms with Gasteiger partial charge in [0.25, 0.3) is 0 Å². The van der Waals surface area contributed by atoms with Gasteiger partial charge in [0.1, 0.15) is 0 Å². The Morgan fingerprint density at radius 3 is 2.62 bits per heavy atom. The van der Waals surface area contributed by atoms with E-state index in [-0.39, 0.29) is 0 Å². The van der Waals surface area contributed by atoms with E-state index in [1.165, 1.54) is 32.1 Å². The van der Waals surface area contributed by atoms with Gasteiger partial charge in [-0.05, 0) is 43.6 Å². The summed E-state index contributed by atoms with van der Waals surface area (Å²) in [6.07, 6.45) is 6.95. The molecule has 96 valence electrons. The predicted octanol–water partition coefficient (Wildman–Crippen LogP) is 3.20. The Hall–Kier alpha value is -0.0800. The molecule has 0 saturated heterocycles.